The van der Waals surface area contributed by atoms with Crippen molar-refractivity contribution in [3.8, 4) is 0 Å². The average Bonchev–Trinajstić information content (AvgIpc) is 2.25. The van der Waals surface area contributed by atoms with Crippen LogP contribution in [0.15, 0.2) is 22.7 Å². The van der Waals surface area contributed by atoms with E-state index < -0.39 is 15.7 Å². The molecule has 0 heterocycles. The van der Waals surface area contributed by atoms with Crippen molar-refractivity contribution in [3.63, 3.8) is 0 Å². The number of nitro groups is 1. The van der Waals surface area contributed by atoms with E-state index in [1.165, 1.54) is 6.07 Å². The van der Waals surface area contributed by atoms with E-state index in [9.17, 15) is 14.3 Å². The first-order valence-corrected chi connectivity index (χ1v) is 7.46. The van der Waals surface area contributed by atoms with Crippen LogP contribution >= 0.6 is 15.9 Å². The maximum absolute atomic E-state index is 10.8. The smallest absolute Gasteiger partial charge is 0.283 e. The van der Waals surface area contributed by atoms with Gasteiger partial charge in [0.2, 0.25) is 0 Å². The molecule has 1 unspecified atom stereocenters. The Kier molecular flexibility index (Phi) is 5.73. The van der Waals surface area contributed by atoms with Gasteiger partial charge in [-0.1, -0.05) is 6.07 Å². The van der Waals surface area contributed by atoms with E-state index in [2.05, 4.69) is 21.2 Å². The van der Waals surface area contributed by atoms with Crippen LogP contribution in [0, 0.1) is 10.1 Å². The molecule has 0 bridgehead atoms. The highest BCUT2D eigenvalue weighted by Crippen LogP contribution is 2.25. The van der Waals surface area contributed by atoms with E-state index in [-0.39, 0.29) is 5.69 Å². The average molecular weight is 321 g/mol. The predicted octanol–water partition coefficient (Wildman–Crippen LogP) is 1.83. The second-order valence-electron chi connectivity index (χ2n) is 3.50. The van der Waals surface area contributed by atoms with E-state index in [1.54, 1.807) is 12.3 Å². The molecule has 1 atom stereocenters. The van der Waals surface area contributed by atoms with Gasteiger partial charge in [0.05, 0.1) is 9.40 Å². The molecule has 17 heavy (non-hydrogen) atoms. The van der Waals surface area contributed by atoms with Gasteiger partial charge in [0.25, 0.3) is 5.69 Å². The number of nitrogens with zero attached hydrogens (tertiary/aromatic N) is 1. The van der Waals surface area contributed by atoms with Crippen LogP contribution in [-0.2, 0) is 17.3 Å². The molecule has 0 saturated heterocycles. The molecule has 0 aliphatic heterocycles. The molecule has 1 aromatic rings. The van der Waals surface area contributed by atoms with Crippen molar-refractivity contribution in [1.29, 1.82) is 0 Å². The van der Waals surface area contributed by atoms with E-state index in [0.717, 1.165) is 5.56 Å². The third-order valence-corrected chi connectivity index (χ3v) is 3.55. The van der Waals surface area contributed by atoms with E-state index in [0.29, 0.717) is 23.3 Å². The Morgan fingerprint density at radius 1 is 1.53 bits per heavy atom. The third kappa shape index (κ3) is 4.93. The Morgan fingerprint density at radius 3 is 2.82 bits per heavy atom. The van der Waals surface area contributed by atoms with Crippen molar-refractivity contribution in [2.45, 2.75) is 6.54 Å². The largest absolute Gasteiger partial charge is 0.312 e. The summed E-state index contributed by atoms with van der Waals surface area (Å²) in [6.07, 6.45) is 1.64. The van der Waals surface area contributed by atoms with Crippen LogP contribution in [0.1, 0.15) is 5.56 Å². The monoisotopic (exact) mass is 320 g/mol. The van der Waals surface area contributed by atoms with Gasteiger partial charge >= 0.3 is 0 Å². The van der Waals surface area contributed by atoms with Crippen molar-refractivity contribution >= 4 is 32.4 Å². The van der Waals surface area contributed by atoms with Gasteiger partial charge in [-0.2, -0.15) is 0 Å². The van der Waals surface area contributed by atoms with Crippen LogP contribution < -0.4 is 5.32 Å². The lowest BCUT2D eigenvalue weighted by molar-refractivity contribution is -0.385. The Labute approximate surface area is 110 Å². The predicted molar refractivity (Wildman–Crippen MR) is 71.4 cm³/mol. The van der Waals surface area contributed by atoms with E-state index in [4.69, 9.17) is 0 Å². The Bertz CT molecular complexity index is 440. The molecule has 5 nitrogen and oxygen atoms in total. The quantitative estimate of drug-likeness (QED) is 0.493. The van der Waals surface area contributed by atoms with Crippen molar-refractivity contribution in [2.24, 2.45) is 0 Å². The molecular weight excluding hydrogens is 308 g/mol. The number of nitro benzene ring substituents is 1. The molecule has 1 rings (SSSR count). The van der Waals surface area contributed by atoms with Crippen molar-refractivity contribution in [2.75, 3.05) is 18.6 Å². The van der Waals surface area contributed by atoms with Crippen LogP contribution in [0.4, 0.5) is 5.69 Å². The lowest BCUT2D eigenvalue weighted by Gasteiger charge is -2.04. The molecule has 0 fully saturated rings. The van der Waals surface area contributed by atoms with Crippen molar-refractivity contribution in [3.05, 3.63) is 38.3 Å². The summed E-state index contributed by atoms with van der Waals surface area (Å²) in [7, 11) is -0.817. The molecule has 0 aromatic heterocycles. The summed E-state index contributed by atoms with van der Waals surface area (Å²) in [6, 6.07) is 5.00. The van der Waals surface area contributed by atoms with E-state index in [1.807, 2.05) is 6.07 Å². The van der Waals surface area contributed by atoms with Gasteiger partial charge in [0.1, 0.15) is 0 Å². The standard InChI is InChI=1S/C10H13BrN2O3S/c1-17(16)5-4-12-7-8-2-3-9(11)10(6-8)13(14)15/h2-3,6,12H,4-5,7H2,1H3. The lowest BCUT2D eigenvalue weighted by atomic mass is 10.2. The fourth-order valence-corrected chi connectivity index (χ4v) is 2.08. The Balaban J connectivity index is 2.57. The molecule has 0 aliphatic carbocycles. The minimum absolute atomic E-state index is 0.0587. The molecule has 0 spiro atoms. The van der Waals surface area contributed by atoms with Crippen LogP contribution in [-0.4, -0.2) is 27.7 Å². The molecular formula is C10H13BrN2O3S. The van der Waals surface area contributed by atoms with Gasteiger partial charge in [0.15, 0.2) is 0 Å². The highest BCUT2D eigenvalue weighted by Gasteiger charge is 2.11. The first-order chi connectivity index (χ1) is 8.00. The lowest BCUT2D eigenvalue weighted by Crippen LogP contribution is -2.19. The SMILES string of the molecule is CS(=O)CCNCc1ccc(Br)c([N+](=O)[O-])c1. The summed E-state index contributed by atoms with van der Waals surface area (Å²) in [5.41, 5.74) is 0.894. The molecule has 0 radical (unpaired) electrons. The van der Waals surface area contributed by atoms with Gasteiger partial charge in [0, 0.05) is 42.0 Å². The summed E-state index contributed by atoms with van der Waals surface area (Å²) in [4.78, 5) is 10.3. The van der Waals surface area contributed by atoms with Crippen LogP contribution in [0.5, 0.6) is 0 Å². The Morgan fingerprint density at radius 2 is 2.24 bits per heavy atom. The zero-order valence-electron chi connectivity index (χ0n) is 9.31. The fourth-order valence-electron chi connectivity index (χ4n) is 1.26. The number of halogens is 1. The molecule has 94 valence electrons. The highest BCUT2D eigenvalue weighted by atomic mass is 79.9. The van der Waals surface area contributed by atoms with Crippen molar-refractivity contribution < 1.29 is 9.13 Å². The van der Waals surface area contributed by atoms with Gasteiger partial charge in [-0.25, -0.2) is 0 Å². The van der Waals surface area contributed by atoms with Crippen LogP contribution in [0.25, 0.3) is 0 Å². The van der Waals surface area contributed by atoms with Gasteiger partial charge in [-0.05, 0) is 27.6 Å². The number of nitrogens with one attached hydrogen (secondary N) is 1. The number of rotatable bonds is 6. The normalized spacial score (nSPS) is 12.4. The Hall–Kier alpha value is -0.790. The van der Waals surface area contributed by atoms with Crippen LogP contribution in [0.2, 0.25) is 0 Å². The first kappa shape index (κ1) is 14.3. The second kappa shape index (κ2) is 6.83. The van der Waals surface area contributed by atoms with Gasteiger partial charge in [-0.15, -0.1) is 0 Å². The molecule has 0 aliphatic rings. The zero-order chi connectivity index (χ0) is 12.8. The molecule has 1 aromatic carbocycles. The summed E-state index contributed by atoms with van der Waals surface area (Å²) in [5, 5.41) is 13.8. The molecule has 7 heteroatoms. The summed E-state index contributed by atoms with van der Waals surface area (Å²) >= 11 is 3.13. The van der Waals surface area contributed by atoms with Gasteiger partial charge < -0.3 is 5.32 Å². The summed E-state index contributed by atoms with van der Waals surface area (Å²) < 4.78 is 11.3. The molecule has 0 amide bonds. The second-order valence-corrected chi connectivity index (χ2v) is 5.91. The fraction of sp³-hybridized carbons (Fsp3) is 0.400. The maximum Gasteiger partial charge on any atom is 0.283 e. The topological polar surface area (TPSA) is 72.2 Å². The number of hydrogen-bond donors (Lipinski definition) is 1. The van der Waals surface area contributed by atoms with Gasteiger partial charge in [-0.3, -0.25) is 14.3 Å². The third-order valence-electron chi connectivity index (χ3n) is 2.10. The minimum atomic E-state index is -0.817. The number of hydrogen-bond acceptors (Lipinski definition) is 4. The maximum atomic E-state index is 10.8. The minimum Gasteiger partial charge on any atom is -0.312 e. The number of benzene rings is 1. The molecule has 0 saturated carbocycles. The highest BCUT2D eigenvalue weighted by molar-refractivity contribution is 9.10. The first-order valence-electron chi connectivity index (χ1n) is 4.94. The summed E-state index contributed by atoms with van der Waals surface area (Å²) in [6.45, 7) is 1.16. The summed E-state index contributed by atoms with van der Waals surface area (Å²) in [5.74, 6) is 0.582. The van der Waals surface area contributed by atoms with E-state index >= 15 is 0 Å². The zero-order valence-corrected chi connectivity index (χ0v) is 11.7. The van der Waals surface area contributed by atoms with Crippen molar-refractivity contribution in [1.82, 2.24) is 5.32 Å². The molecule has 1 N–H and O–H groups in total. The van der Waals surface area contributed by atoms with Crippen LogP contribution in [0.3, 0.4) is 0 Å².